The first-order chi connectivity index (χ1) is 13.1. The van der Waals surface area contributed by atoms with Crippen LogP contribution in [0.5, 0.6) is 0 Å². The van der Waals surface area contributed by atoms with Gasteiger partial charge in [0.25, 0.3) is 0 Å². The highest BCUT2D eigenvalue weighted by Gasteiger charge is 2.42. The molecule has 0 radical (unpaired) electrons. The molecule has 0 spiro atoms. The van der Waals surface area contributed by atoms with E-state index < -0.39 is 18.5 Å². The molecule has 0 bridgehead atoms. The van der Waals surface area contributed by atoms with Crippen LogP contribution < -0.4 is 0 Å². The molecule has 0 saturated heterocycles. The maximum absolute atomic E-state index is 13.7. The second-order valence-corrected chi connectivity index (χ2v) is 9.74. The molecular weight excluding hydrogens is 349 g/mol. The summed E-state index contributed by atoms with van der Waals surface area (Å²) in [4.78, 5) is 0. The van der Waals surface area contributed by atoms with Crippen LogP contribution in [0.25, 0.3) is 0 Å². The molecule has 158 valence electrons. The molecule has 0 aromatic rings. The number of hydrogen-bond acceptors (Lipinski definition) is 1. The van der Waals surface area contributed by atoms with Crippen molar-refractivity contribution in [1.82, 2.24) is 0 Å². The normalized spacial score (nSPS) is 43.6. The van der Waals surface area contributed by atoms with Gasteiger partial charge < -0.3 is 5.11 Å². The molecule has 0 amide bonds. The van der Waals surface area contributed by atoms with Crippen molar-refractivity contribution in [3.8, 4) is 0 Å². The molecule has 0 aliphatic heterocycles. The van der Waals surface area contributed by atoms with Gasteiger partial charge in [-0.05, 0) is 87.4 Å². The Morgan fingerprint density at radius 1 is 0.593 bits per heavy atom. The van der Waals surface area contributed by atoms with Crippen molar-refractivity contribution < 1.29 is 18.3 Å². The second kappa shape index (κ2) is 10.5. The molecule has 27 heavy (non-hydrogen) atoms. The second-order valence-electron chi connectivity index (χ2n) is 9.74. The maximum atomic E-state index is 13.7. The summed E-state index contributed by atoms with van der Waals surface area (Å²) < 4.78 is 40.9. The van der Waals surface area contributed by atoms with E-state index in [1.165, 1.54) is 51.4 Å². The minimum atomic E-state index is -1.89. The third-order valence-electron chi connectivity index (χ3n) is 8.06. The van der Waals surface area contributed by atoms with E-state index in [9.17, 15) is 13.2 Å². The van der Waals surface area contributed by atoms with Crippen LogP contribution in [-0.4, -0.2) is 30.2 Å². The summed E-state index contributed by atoms with van der Waals surface area (Å²) in [5.74, 6) is 3.00. The van der Waals surface area contributed by atoms with Crippen LogP contribution in [0.4, 0.5) is 13.2 Å². The van der Waals surface area contributed by atoms with Gasteiger partial charge in [0.15, 0.2) is 6.17 Å². The molecule has 2 unspecified atom stereocenters. The number of aliphatic hydroxyl groups excluding tert-OH is 1. The SMILES string of the molecule is OCCCCCC1CCC(C2CCC(C3CC(F)C(F)C(F)C3)CC2)CC1. The van der Waals surface area contributed by atoms with Gasteiger partial charge >= 0.3 is 0 Å². The molecule has 3 aliphatic carbocycles. The van der Waals surface area contributed by atoms with E-state index in [2.05, 4.69) is 0 Å². The smallest absolute Gasteiger partial charge is 0.162 e. The summed E-state index contributed by atoms with van der Waals surface area (Å²) in [6.07, 6.45) is 10.1. The van der Waals surface area contributed by atoms with Gasteiger partial charge in [-0.15, -0.1) is 0 Å². The van der Waals surface area contributed by atoms with E-state index in [-0.39, 0.29) is 18.8 Å². The molecule has 0 aromatic carbocycles. The average Bonchev–Trinajstić information content (AvgIpc) is 2.70. The summed E-state index contributed by atoms with van der Waals surface area (Å²) in [6.45, 7) is 0.322. The Balaban J connectivity index is 1.35. The standard InChI is InChI=1S/C23H39F3O/c24-21-14-20(15-22(25)23(21)26)19-11-9-18(10-12-19)17-7-5-16(6-8-17)4-2-1-3-13-27/h16-23,27H,1-15H2. The lowest BCUT2D eigenvalue weighted by Gasteiger charge is -2.42. The third kappa shape index (κ3) is 5.87. The maximum Gasteiger partial charge on any atom is 0.162 e. The fraction of sp³-hybridized carbons (Fsp3) is 1.00. The summed E-state index contributed by atoms with van der Waals surface area (Å²) in [5.41, 5.74) is 0. The molecule has 3 aliphatic rings. The van der Waals surface area contributed by atoms with Crippen molar-refractivity contribution in [2.45, 2.75) is 108 Å². The molecule has 0 aromatic heterocycles. The van der Waals surface area contributed by atoms with E-state index in [1.54, 1.807) is 0 Å². The van der Waals surface area contributed by atoms with Crippen molar-refractivity contribution >= 4 is 0 Å². The van der Waals surface area contributed by atoms with Gasteiger partial charge in [-0.1, -0.05) is 32.1 Å². The minimum absolute atomic E-state index is 0.0533. The van der Waals surface area contributed by atoms with Gasteiger partial charge in [-0.2, -0.15) is 0 Å². The van der Waals surface area contributed by atoms with Crippen LogP contribution in [0.3, 0.4) is 0 Å². The number of hydrogen-bond donors (Lipinski definition) is 1. The van der Waals surface area contributed by atoms with Crippen LogP contribution in [0, 0.1) is 29.6 Å². The van der Waals surface area contributed by atoms with E-state index in [4.69, 9.17) is 5.11 Å². The van der Waals surface area contributed by atoms with Gasteiger partial charge in [-0.3, -0.25) is 0 Å². The summed E-state index contributed by atoms with van der Waals surface area (Å²) in [6, 6.07) is 0. The monoisotopic (exact) mass is 388 g/mol. The Kier molecular flexibility index (Phi) is 8.35. The number of unbranched alkanes of at least 4 members (excludes halogenated alkanes) is 2. The lowest BCUT2D eigenvalue weighted by atomic mass is 9.65. The Labute approximate surface area is 163 Å². The average molecular weight is 389 g/mol. The largest absolute Gasteiger partial charge is 0.396 e. The summed E-state index contributed by atoms with van der Waals surface area (Å²) in [5, 5.41) is 8.87. The molecule has 0 heterocycles. The first-order valence-electron chi connectivity index (χ1n) is 11.6. The first kappa shape index (κ1) is 21.5. The summed E-state index contributed by atoms with van der Waals surface area (Å²) in [7, 11) is 0. The predicted octanol–water partition coefficient (Wildman–Crippen LogP) is 6.58. The lowest BCUT2D eigenvalue weighted by Crippen LogP contribution is -2.40. The highest BCUT2D eigenvalue weighted by Crippen LogP contribution is 2.46. The van der Waals surface area contributed by atoms with Gasteiger partial charge in [0.05, 0.1) is 0 Å². The van der Waals surface area contributed by atoms with Crippen molar-refractivity contribution in [1.29, 1.82) is 0 Å². The Morgan fingerprint density at radius 3 is 1.59 bits per heavy atom. The van der Waals surface area contributed by atoms with Crippen LogP contribution in [0.15, 0.2) is 0 Å². The zero-order chi connectivity index (χ0) is 19.2. The third-order valence-corrected chi connectivity index (χ3v) is 8.06. The Hall–Kier alpha value is -0.250. The fourth-order valence-electron chi connectivity index (χ4n) is 6.30. The van der Waals surface area contributed by atoms with Crippen LogP contribution >= 0.6 is 0 Å². The van der Waals surface area contributed by atoms with E-state index in [1.807, 2.05) is 0 Å². The number of aliphatic hydroxyl groups is 1. The highest BCUT2D eigenvalue weighted by atomic mass is 19.2. The molecule has 3 rings (SSSR count). The molecule has 3 saturated carbocycles. The molecule has 2 atom stereocenters. The number of rotatable bonds is 7. The topological polar surface area (TPSA) is 20.2 Å². The molecule has 1 N–H and O–H groups in total. The molecular formula is C23H39F3O. The zero-order valence-corrected chi connectivity index (χ0v) is 16.8. The van der Waals surface area contributed by atoms with Crippen LogP contribution in [0.1, 0.15) is 89.9 Å². The molecule has 3 fully saturated rings. The lowest BCUT2D eigenvalue weighted by molar-refractivity contribution is -0.00708. The van der Waals surface area contributed by atoms with Crippen molar-refractivity contribution in [3.05, 3.63) is 0 Å². The van der Waals surface area contributed by atoms with Gasteiger partial charge in [0.1, 0.15) is 12.3 Å². The fourth-order valence-corrected chi connectivity index (χ4v) is 6.30. The van der Waals surface area contributed by atoms with Crippen molar-refractivity contribution in [3.63, 3.8) is 0 Å². The number of halogens is 3. The molecule has 4 heteroatoms. The van der Waals surface area contributed by atoms with Crippen molar-refractivity contribution in [2.75, 3.05) is 6.61 Å². The van der Waals surface area contributed by atoms with E-state index >= 15 is 0 Å². The van der Waals surface area contributed by atoms with E-state index in [0.29, 0.717) is 12.5 Å². The van der Waals surface area contributed by atoms with Gasteiger partial charge in [0.2, 0.25) is 0 Å². The molecule has 1 nitrogen and oxygen atoms in total. The minimum Gasteiger partial charge on any atom is -0.396 e. The van der Waals surface area contributed by atoms with Crippen LogP contribution in [0.2, 0.25) is 0 Å². The Bertz CT molecular complexity index is 404. The predicted molar refractivity (Wildman–Crippen MR) is 104 cm³/mol. The van der Waals surface area contributed by atoms with Gasteiger partial charge in [-0.25, -0.2) is 13.2 Å². The number of alkyl halides is 3. The zero-order valence-electron chi connectivity index (χ0n) is 16.8. The van der Waals surface area contributed by atoms with Crippen LogP contribution in [-0.2, 0) is 0 Å². The van der Waals surface area contributed by atoms with Gasteiger partial charge in [0, 0.05) is 6.61 Å². The highest BCUT2D eigenvalue weighted by molar-refractivity contribution is 4.91. The Morgan fingerprint density at radius 2 is 1.07 bits per heavy atom. The van der Waals surface area contributed by atoms with Crippen molar-refractivity contribution in [2.24, 2.45) is 29.6 Å². The first-order valence-corrected chi connectivity index (χ1v) is 11.6. The summed E-state index contributed by atoms with van der Waals surface area (Å²) >= 11 is 0. The van der Waals surface area contributed by atoms with E-state index in [0.717, 1.165) is 43.4 Å². The quantitative estimate of drug-likeness (QED) is 0.489.